The lowest BCUT2D eigenvalue weighted by Gasteiger charge is -2.10. The Kier molecular flexibility index (Phi) is 4.43. The number of rotatable bonds is 4. The second kappa shape index (κ2) is 6.80. The highest BCUT2D eigenvalue weighted by molar-refractivity contribution is 7.20. The average molecular weight is 392 g/mol. The maximum absolute atomic E-state index is 12.3. The summed E-state index contributed by atoms with van der Waals surface area (Å²) in [6.45, 7) is 5.60. The highest BCUT2D eigenvalue weighted by atomic mass is 32.1. The van der Waals surface area contributed by atoms with Gasteiger partial charge in [-0.3, -0.25) is 9.36 Å². The second-order valence-corrected chi connectivity index (χ2v) is 8.04. The number of aromatic nitrogens is 2. The van der Waals surface area contributed by atoms with Crippen LogP contribution in [-0.2, 0) is 0 Å². The number of hydrogen-bond acceptors (Lipinski definition) is 5. The number of thiazole rings is 1. The van der Waals surface area contributed by atoms with Gasteiger partial charge in [-0.25, -0.2) is 4.98 Å². The number of ketones is 1. The van der Waals surface area contributed by atoms with E-state index in [9.17, 15) is 15.0 Å². The van der Waals surface area contributed by atoms with Crippen molar-refractivity contribution in [2.45, 2.75) is 26.7 Å². The predicted octanol–water partition coefficient (Wildman–Crippen LogP) is 5.49. The Balaban J connectivity index is 2.00. The van der Waals surface area contributed by atoms with E-state index >= 15 is 0 Å². The van der Waals surface area contributed by atoms with Crippen molar-refractivity contribution in [1.82, 2.24) is 9.55 Å². The lowest BCUT2D eigenvalue weighted by molar-refractivity contribution is 0.101. The molecule has 0 saturated heterocycles. The number of Topliss-reactive ketones (excluding diaryl/α,β-unsaturated/α-hetero) is 1. The number of hydrogen-bond donors (Lipinski definition) is 2. The van der Waals surface area contributed by atoms with Crippen LogP contribution in [0.1, 0.15) is 42.6 Å². The Morgan fingerprint density at radius 3 is 2.36 bits per heavy atom. The van der Waals surface area contributed by atoms with Gasteiger partial charge in [0.2, 0.25) is 5.88 Å². The van der Waals surface area contributed by atoms with Gasteiger partial charge >= 0.3 is 0 Å². The summed E-state index contributed by atoms with van der Waals surface area (Å²) in [6, 6.07) is 15.4. The van der Waals surface area contributed by atoms with E-state index in [4.69, 9.17) is 0 Å². The molecule has 4 rings (SSSR count). The number of carbonyl (C=O) groups excluding carboxylic acids is 1. The molecule has 0 fully saturated rings. The van der Waals surface area contributed by atoms with Gasteiger partial charge < -0.3 is 10.2 Å². The van der Waals surface area contributed by atoms with E-state index in [1.807, 2.05) is 48.5 Å². The smallest absolute Gasteiger partial charge is 0.242 e. The van der Waals surface area contributed by atoms with Crippen LogP contribution in [0, 0.1) is 0 Å². The molecule has 0 unspecified atom stereocenters. The lowest BCUT2D eigenvalue weighted by Crippen LogP contribution is -2.00. The summed E-state index contributed by atoms with van der Waals surface area (Å²) in [5, 5.41) is 21.6. The molecule has 0 aliphatic rings. The molecule has 6 heteroatoms. The zero-order valence-corrected chi connectivity index (χ0v) is 16.6. The Labute approximate surface area is 166 Å². The van der Waals surface area contributed by atoms with Crippen LogP contribution in [0.4, 0.5) is 0 Å². The summed E-state index contributed by atoms with van der Waals surface area (Å²) >= 11 is 1.38. The zero-order valence-electron chi connectivity index (χ0n) is 15.8. The first-order chi connectivity index (χ1) is 13.4. The number of aromatic hydroxyl groups is 2. The summed E-state index contributed by atoms with van der Waals surface area (Å²) in [5.74, 6) is -0.753. The molecule has 2 aromatic heterocycles. The molecule has 0 spiro atoms. The highest BCUT2D eigenvalue weighted by Gasteiger charge is 2.28. The van der Waals surface area contributed by atoms with Crippen molar-refractivity contribution in [2.75, 3.05) is 0 Å². The fraction of sp³-hybridized carbons (Fsp3) is 0.182. The van der Waals surface area contributed by atoms with Gasteiger partial charge in [0.1, 0.15) is 0 Å². The summed E-state index contributed by atoms with van der Waals surface area (Å²) in [5.41, 5.74) is 3.22. The number of carbonyl (C=O) groups is 1. The van der Waals surface area contributed by atoms with Gasteiger partial charge in [0.05, 0.1) is 21.5 Å². The third kappa shape index (κ3) is 2.86. The summed E-state index contributed by atoms with van der Waals surface area (Å²) < 4.78 is 2.41. The molecule has 0 amide bonds. The second-order valence-electron chi connectivity index (χ2n) is 7.03. The van der Waals surface area contributed by atoms with Crippen molar-refractivity contribution in [2.24, 2.45) is 0 Å². The monoisotopic (exact) mass is 392 g/mol. The zero-order chi connectivity index (χ0) is 20.0. The van der Waals surface area contributed by atoms with Gasteiger partial charge in [0.25, 0.3) is 0 Å². The first-order valence-electron chi connectivity index (χ1n) is 9.02. The number of nitrogens with zero attached hydrogens (tertiary/aromatic N) is 2. The van der Waals surface area contributed by atoms with Gasteiger partial charge in [-0.1, -0.05) is 61.6 Å². The number of benzene rings is 2. The predicted molar refractivity (Wildman–Crippen MR) is 112 cm³/mol. The molecule has 2 aromatic carbocycles. The molecule has 2 heterocycles. The van der Waals surface area contributed by atoms with E-state index in [0.717, 1.165) is 15.8 Å². The molecule has 0 atom stereocenters. The van der Waals surface area contributed by atoms with Crippen molar-refractivity contribution in [3.63, 3.8) is 0 Å². The van der Waals surface area contributed by atoms with Crippen molar-refractivity contribution in [1.29, 1.82) is 0 Å². The minimum absolute atomic E-state index is 0.0917. The fourth-order valence-electron chi connectivity index (χ4n) is 3.32. The van der Waals surface area contributed by atoms with Crippen LogP contribution in [0.5, 0.6) is 11.6 Å². The average Bonchev–Trinajstić information content (AvgIpc) is 3.20. The molecule has 142 valence electrons. The van der Waals surface area contributed by atoms with Crippen LogP contribution in [0.15, 0.2) is 48.5 Å². The van der Waals surface area contributed by atoms with Gasteiger partial charge in [0.15, 0.2) is 16.7 Å². The van der Waals surface area contributed by atoms with E-state index in [0.29, 0.717) is 16.7 Å². The summed E-state index contributed by atoms with van der Waals surface area (Å²) in [4.78, 5) is 16.9. The lowest BCUT2D eigenvalue weighted by atomic mass is 9.99. The van der Waals surface area contributed by atoms with Crippen molar-refractivity contribution < 1.29 is 15.0 Å². The number of para-hydroxylation sites is 1. The first-order valence-corrected chi connectivity index (χ1v) is 9.84. The largest absolute Gasteiger partial charge is 0.503 e. The summed E-state index contributed by atoms with van der Waals surface area (Å²) in [6.07, 6.45) is 0. The Bertz CT molecular complexity index is 1150. The minimum atomic E-state index is -0.422. The molecule has 0 aliphatic carbocycles. The summed E-state index contributed by atoms with van der Waals surface area (Å²) in [7, 11) is 0. The highest BCUT2D eigenvalue weighted by Crippen LogP contribution is 2.44. The molecule has 0 aliphatic heterocycles. The van der Waals surface area contributed by atoms with Crippen LogP contribution in [0.25, 0.3) is 26.6 Å². The molecule has 2 N–H and O–H groups in total. The molecule has 0 bridgehead atoms. The van der Waals surface area contributed by atoms with Gasteiger partial charge in [0, 0.05) is 0 Å². The maximum Gasteiger partial charge on any atom is 0.242 e. The van der Waals surface area contributed by atoms with Crippen LogP contribution < -0.4 is 0 Å². The number of fused-ring (bicyclic) bond motifs is 1. The van der Waals surface area contributed by atoms with Crippen LogP contribution in [0.2, 0.25) is 0 Å². The Hall–Kier alpha value is -3.12. The van der Waals surface area contributed by atoms with E-state index in [1.54, 1.807) is 0 Å². The standard InChI is InChI=1S/C22H20N2O3S/c1-12(2)14-8-10-15(11-9-14)19-18(13(3)25)20(26)21(27)24(19)22-23-16-6-4-5-7-17(16)28-22/h4-12,26-27H,1-3H3. The van der Waals surface area contributed by atoms with Crippen LogP contribution >= 0.6 is 11.3 Å². The molecule has 28 heavy (non-hydrogen) atoms. The van der Waals surface area contributed by atoms with Crippen molar-refractivity contribution in [3.8, 4) is 28.0 Å². The molecule has 0 saturated carbocycles. The van der Waals surface area contributed by atoms with Crippen LogP contribution in [0.3, 0.4) is 0 Å². The van der Waals surface area contributed by atoms with E-state index in [2.05, 4.69) is 18.8 Å². The first kappa shape index (κ1) is 18.3. The SMILES string of the molecule is CC(=O)c1c(O)c(O)n(-c2nc3ccccc3s2)c1-c1ccc(C(C)C)cc1. The topological polar surface area (TPSA) is 75.3 Å². The fourth-order valence-corrected chi connectivity index (χ4v) is 4.30. The van der Waals surface area contributed by atoms with Gasteiger partial charge in [-0.2, -0.15) is 0 Å². The van der Waals surface area contributed by atoms with Crippen LogP contribution in [-0.4, -0.2) is 25.5 Å². The quantitative estimate of drug-likeness (QED) is 0.450. The molecule has 5 nitrogen and oxygen atoms in total. The normalized spacial score (nSPS) is 11.4. The molecular formula is C22H20N2O3S. The third-order valence-corrected chi connectivity index (χ3v) is 5.82. The van der Waals surface area contributed by atoms with E-state index in [-0.39, 0.29) is 17.2 Å². The Morgan fingerprint density at radius 1 is 1.07 bits per heavy atom. The van der Waals surface area contributed by atoms with E-state index in [1.165, 1.54) is 28.4 Å². The third-order valence-electron chi connectivity index (χ3n) is 4.80. The maximum atomic E-state index is 12.3. The van der Waals surface area contributed by atoms with Crippen molar-refractivity contribution in [3.05, 3.63) is 59.7 Å². The van der Waals surface area contributed by atoms with Gasteiger partial charge in [-0.05, 0) is 36.1 Å². The Morgan fingerprint density at radius 2 is 1.75 bits per heavy atom. The van der Waals surface area contributed by atoms with Crippen molar-refractivity contribution >= 4 is 27.3 Å². The molecular weight excluding hydrogens is 372 g/mol. The molecule has 0 radical (unpaired) electrons. The molecule has 4 aromatic rings. The minimum Gasteiger partial charge on any atom is -0.503 e. The van der Waals surface area contributed by atoms with E-state index < -0.39 is 5.75 Å². The van der Waals surface area contributed by atoms with Gasteiger partial charge in [-0.15, -0.1) is 0 Å².